The van der Waals surface area contributed by atoms with Crippen molar-refractivity contribution in [3.05, 3.63) is 18.6 Å². The molecule has 1 aliphatic heterocycles. The van der Waals surface area contributed by atoms with Crippen LogP contribution in [0.15, 0.2) is 18.6 Å². The highest BCUT2D eigenvalue weighted by molar-refractivity contribution is 5.55. The van der Waals surface area contributed by atoms with Gasteiger partial charge >= 0.3 is 0 Å². The van der Waals surface area contributed by atoms with E-state index < -0.39 is 0 Å². The average molecular weight is 246 g/mol. The van der Waals surface area contributed by atoms with E-state index >= 15 is 0 Å². The van der Waals surface area contributed by atoms with Crippen LogP contribution < -0.4 is 5.73 Å². The topological polar surface area (TPSA) is 91.7 Å². The van der Waals surface area contributed by atoms with Crippen LogP contribution in [0.4, 0.5) is 5.95 Å². The summed E-state index contributed by atoms with van der Waals surface area (Å²) < 4.78 is 7.49. The van der Waals surface area contributed by atoms with E-state index in [1.165, 1.54) is 6.42 Å². The third-order valence-electron chi connectivity index (χ3n) is 2.93. The van der Waals surface area contributed by atoms with Gasteiger partial charge in [0.25, 0.3) is 0 Å². The maximum Gasteiger partial charge on any atom is 0.240 e. The summed E-state index contributed by atoms with van der Waals surface area (Å²) in [6.45, 7) is 0.795. The van der Waals surface area contributed by atoms with Crippen LogP contribution in [0.1, 0.15) is 25.5 Å². The summed E-state index contributed by atoms with van der Waals surface area (Å²) in [5, 5.41) is 12.0. The number of hydrogen-bond acceptors (Lipinski definition) is 6. The minimum Gasteiger partial charge on any atom is -0.366 e. The lowest BCUT2D eigenvalue weighted by molar-refractivity contribution is -0.0394. The summed E-state index contributed by atoms with van der Waals surface area (Å²) in [6.07, 6.45) is 8.54. The lowest BCUT2D eigenvalue weighted by atomic mass is 10.2. The smallest absolute Gasteiger partial charge is 0.240 e. The zero-order valence-electron chi connectivity index (χ0n) is 9.86. The molecule has 1 aliphatic rings. The second kappa shape index (κ2) is 4.69. The molecule has 0 aromatic carbocycles. The molecule has 0 bridgehead atoms. The molecule has 0 radical (unpaired) electrons. The maximum atomic E-state index is 5.66. The standard InChI is InChI=1S/C11H14N6O/c12-11-13-6-9(15-16-11)8-5-14-17(7-8)10-3-1-2-4-18-10/h5-7,10H,1-4H2,(H2,12,13,16). The van der Waals surface area contributed by atoms with E-state index in [9.17, 15) is 0 Å². The van der Waals surface area contributed by atoms with Crippen LogP contribution in [-0.4, -0.2) is 31.6 Å². The Kier molecular flexibility index (Phi) is 2.89. The molecule has 18 heavy (non-hydrogen) atoms. The van der Waals surface area contributed by atoms with Crippen molar-refractivity contribution in [2.75, 3.05) is 12.3 Å². The monoisotopic (exact) mass is 246 g/mol. The number of nitrogen functional groups attached to an aromatic ring is 1. The zero-order chi connectivity index (χ0) is 12.4. The van der Waals surface area contributed by atoms with E-state index in [2.05, 4.69) is 20.3 Å². The maximum absolute atomic E-state index is 5.66. The van der Waals surface area contributed by atoms with Crippen molar-refractivity contribution in [3.8, 4) is 11.3 Å². The molecule has 1 unspecified atom stereocenters. The van der Waals surface area contributed by atoms with E-state index in [1.807, 2.05) is 10.9 Å². The molecule has 2 aromatic heterocycles. The average Bonchev–Trinajstić information content (AvgIpc) is 2.90. The van der Waals surface area contributed by atoms with Crippen molar-refractivity contribution in [2.24, 2.45) is 0 Å². The summed E-state index contributed by atoms with van der Waals surface area (Å²) in [5.41, 5.74) is 6.92. The van der Waals surface area contributed by atoms with Gasteiger partial charge < -0.3 is 10.5 Å². The van der Waals surface area contributed by atoms with Gasteiger partial charge in [0.1, 0.15) is 11.9 Å². The van der Waals surface area contributed by atoms with Crippen LogP contribution in [0.2, 0.25) is 0 Å². The predicted molar refractivity (Wildman–Crippen MR) is 64.3 cm³/mol. The van der Waals surface area contributed by atoms with E-state index in [0.29, 0.717) is 5.69 Å². The summed E-state index contributed by atoms with van der Waals surface area (Å²) in [5.74, 6) is 0.168. The zero-order valence-corrected chi connectivity index (χ0v) is 9.86. The number of rotatable bonds is 2. The summed E-state index contributed by atoms with van der Waals surface area (Å²) in [6, 6.07) is 0. The van der Waals surface area contributed by atoms with Crippen LogP contribution in [0, 0.1) is 0 Å². The Hall–Kier alpha value is -2.02. The molecule has 0 spiro atoms. The quantitative estimate of drug-likeness (QED) is 0.850. The molecule has 1 saturated heterocycles. The second-order valence-corrected chi connectivity index (χ2v) is 4.23. The molecule has 2 N–H and O–H groups in total. The number of nitrogens with two attached hydrogens (primary N) is 1. The highest BCUT2D eigenvalue weighted by Gasteiger charge is 2.17. The predicted octanol–water partition coefficient (Wildman–Crippen LogP) is 1.02. The van der Waals surface area contributed by atoms with Gasteiger partial charge in [-0.25, -0.2) is 9.67 Å². The van der Waals surface area contributed by atoms with Crippen molar-refractivity contribution in [2.45, 2.75) is 25.5 Å². The van der Waals surface area contributed by atoms with Gasteiger partial charge in [0, 0.05) is 18.4 Å². The fraction of sp³-hybridized carbons (Fsp3) is 0.455. The Balaban J connectivity index is 1.82. The molecular weight excluding hydrogens is 232 g/mol. The minimum atomic E-state index is 0.0298. The third kappa shape index (κ3) is 2.17. The van der Waals surface area contributed by atoms with Crippen molar-refractivity contribution >= 4 is 5.95 Å². The number of aromatic nitrogens is 5. The van der Waals surface area contributed by atoms with Gasteiger partial charge in [-0.15, -0.1) is 10.2 Å². The van der Waals surface area contributed by atoms with Gasteiger partial charge in [0.2, 0.25) is 5.95 Å². The first kappa shape index (κ1) is 11.1. The van der Waals surface area contributed by atoms with Gasteiger partial charge in [-0.2, -0.15) is 5.10 Å². The Bertz CT molecular complexity index is 517. The van der Waals surface area contributed by atoms with Gasteiger partial charge in [0.05, 0.1) is 12.4 Å². The van der Waals surface area contributed by atoms with Gasteiger partial charge in [-0.05, 0) is 19.3 Å². The van der Waals surface area contributed by atoms with Gasteiger partial charge in [-0.1, -0.05) is 0 Å². The molecule has 1 fully saturated rings. The van der Waals surface area contributed by atoms with Crippen molar-refractivity contribution in [3.63, 3.8) is 0 Å². The molecule has 0 amide bonds. The van der Waals surface area contributed by atoms with Crippen LogP contribution in [0.3, 0.4) is 0 Å². The van der Waals surface area contributed by atoms with Crippen LogP contribution >= 0.6 is 0 Å². The molecule has 7 nitrogen and oxygen atoms in total. The normalized spacial score (nSPS) is 19.9. The Labute approximate surface area is 104 Å². The van der Waals surface area contributed by atoms with Crippen molar-refractivity contribution < 1.29 is 4.74 Å². The molecule has 94 valence electrons. The number of ether oxygens (including phenoxy) is 1. The first-order valence-corrected chi connectivity index (χ1v) is 5.94. The summed E-state index contributed by atoms with van der Waals surface area (Å²) in [7, 11) is 0. The molecule has 3 heterocycles. The third-order valence-corrected chi connectivity index (χ3v) is 2.93. The summed E-state index contributed by atoms with van der Waals surface area (Å²) in [4.78, 5) is 3.91. The molecule has 1 atom stereocenters. The van der Waals surface area contributed by atoms with Crippen LogP contribution in [-0.2, 0) is 4.74 Å². The van der Waals surface area contributed by atoms with Gasteiger partial charge in [0.15, 0.2) is 0 Å². The molecular formula is C11H14N6O. The fourth-order valence-corrected chi connectivity index (χ4v) is 1.98. The Morgan fingerprint density at radius 1 is 1.28 bits per heavy atom. The highest BCUT2D eigenvalue weighted by atomic mass is 16.5. The summed E-state index contributed by atoms with van der Waals surface area (Å²) >= 11 is 0. The SMILES string of the molecule is Nc1ncc(-c2cnn(C3CCCCO3)c2)nn1. The van der Waals surface area contributed by atoms with Crippen LogP contribution in [0.25, 0.3) is 11.3 Å². The minimum absolute atomic E-state index is 0.0298. The fourth-order valence-electron chi connectivity index (χ4n) is 1.98. The van der Waals surface area contributed by atoms with Crippen LogP contribution in [0.5, 0.6) is 0 Å². The Morgan fingerprint density at radius 3 is 2.94 bits per heavy atom. The molecule has 0 aliphatic carbocycles. The lowest BCUT2D eigenvalue weighted by Crippen LogP contribution is -2.18. The highest BCUT2D eigenvalue weighted by Crippen LogP contribution is 2.24. The molecule has 2 aromatic rings. The second-order valence-electron chi connectivity index (χ2n) is 4.23. The van der Waals surface area contributed by atoms with E-state index in [4.69, 9.17) is 10.5 Å². The van der Waals surface area contributed by atoms with E-state index in [1.54, 1.807) is 12.4 Å². The van der Waals surface area contributed by atoms with E-state index in [0.717, 1.165) is 25.0 Å². The number of anilines is 1. The molecule has 3 rings (SSSR count). The first-order valence-electron chi connectivity index (χ1n) is 5.94. The van der Waals surface area contributed by atoms with Gasteiger partial charge in [-0.3, -0.25) is 0 Å². The van der Waals surface area contributed by atoms with Crippen molar-refractivity contribution in [1.82, 2.24) is 25.0 Å². The van der Waals surface area contributed by atoms with Crippen molar-refractivity contribution in [1.29, 1.82) is 0 Å². The number of nitrogens with zero attached hydrogens (tertiary/aromatic N) is 5. The first-order chi connectivity index (χ1) is 8.83. The molecule has 7 heteroatoms. The Morgan fingerprint density at radius 2 is 2.22 bits per heavy atom. The number of hydrogen-bond donors (Lipinski definition) is 1. The van der Waals surface area contributed by atoms with E-state index in [-0.39, 0.29) is 12.2 Å². The molecule has 0 saturated carbocycles. The lowest BCUT2D eigenvalue weighted by Gasteiger charge is -2.22. The largest absolute Gasteiger partial charge is 0.366 e.